The highest BCUT2D eigenvalue weighted by molar-refractivity contribution is 5.90. The summed E-state index contributed by atoms with van der Waals surface area (Å²) in [7, 11) is 0. The van der Waals surface area contributed by atoms with Gasteiger partial charge in [0, 0.05) is 18.2 Å². The number of carboxylic acids is 1. The largest absolute Gasteiger partial charge is 0.478 e. The Kier molecular flexibility index (Phi) is 2.92. The van der Waals surface area contributed by atoms with Gasteiger partial charge in [-0.1, -0.05) is 13.8 Å². The Morgan fingerprint density at radius 3 is 2.58 bits per heavy atom. The van der Waals surface area contributed by atoms with Gasteiger partial charge in [0.1, 0.15) is 17.1 Å². The Balaban J connectivity index is 2.39. The SMILES string of the molecule is CC1(C)CC1Nc1cc(F)c(C(=O)O)cc1[N+](=O)[O-]. The summed E-state index contributed by atoms with van der Waals surface area (Å²) in [5.41, 5.74) is -1.10. The van der Waals surface area contributed by atoms with Crippen molar-refractivity contribution in [3.05, 3.63) is 33.6 Å². The van der Waals surface area contributed by atoms with E-state index >= 15 is 0 Å². The fraction of sp³-hybridized carbons (Fsp3) is 0.417. The first-order valence-electron chi connectivity index (χ1n) is 5.70. The number of nitrogens with one attached hydrogen (secondary N) is 1. The molecule has 19 heavy (non-hydrogen) atoms. The number of nitrogens with zero attached hydrogens (tertiary/aromatic N) is 1. The molecule has 1 aliphatic rings. The molecule has 1 aromatic carbocycles. The summed E-state index contributed by atoms with van der Waals surface area (Å²) < 4.78 is 13.6. The fourth-order valence-electron chi connectivity index (χ4n) is 1.89. The standard InChI is InChI=1S/C12H13FN2O4/c1-12(2)5-10(12)14-8-4-7(13)6(11(16)17)3-9(8)15(18)19/h3-4,10,14H,5H2,1-2H3,(H,16,17). The monoisotopic (exact) mass is 268 g/mol. The van der Waals surface area contributed by atoms with Crippen molar-refractivity contribution in [1.29, 1.82) is 0 Å². The number of halogens is 1. The van der Waals surface area contributed by atoms with Crippen molar-refractivity contribution in [3.8, 4) is 0 Å². The van der Waals surface area contributed by atoms with E-state index in [1.165, 1.54) is 0 Å². The first-order valence-corrected chi connectivity index (χ1v) is 5.70. The molecule has 7 heteroatoms. The molecule has 6 nitrogen and oxygen atoms in total. The van der Waals surface area contributed by atoms with E-state index < -0.39 is 28.0 Å². The summed E-state index contributed by atoms with van der Waals surface area (Å²) in [6.45, 7) is 3.97. The topological polar surface area (TPSA) is 92.5 Å². The van der Waals surface area contributed by atoms with Crippen molar-refractivity contribution in [2.24, 2.45) is 5.41 Å². The molecule has 102 valence electrons. The molecule has 1 aromatic rings. The third kappa shape index (κ3) is 2.49. The van der Waals surface area contributed by atoms with Crippen LogP contribution >= 0.6 is 0 Å². The predicted molar refractivity (Wildman–Crippen MR) is 65.8 cm³/mol. The average molecular weight is 268 g/mol. The van der Waals surface area contributed by atoms with Crippen LogP contribution in [0.5, 0.6) is 0 Å². The van der Waals surface area contributed by atoms with Crippen LogP contribution in [0.3, 0.4) is 0 Å². The number of anilines is 1. The van der Waals surface area contributed by atoms with Gasteiger partial charge in [-0.05, 0) is 11.8 Å². The van der Waals surface area contributed by atoms with Crippen LogP contribution in [0.25, 0.3) is 0 Å². The van der Waals surface area contributed by atoms with Gasteiger partial charge in [0.2, 0.25) is 0 Å². The van der Waals surface area contributed by atoms with Gasteiger partial charge in [0.25, 0.3) is 5.69 Å². The number of carbonyl (C=O) groups is 1. The minimum Gasteiger partial charge on any atom is -0.478 e. The first kappa shape index (κ1) is 13.3. The lowest BCUT2D eigenvalue weighted by molar-refractivity contribution is -0.384. The van der Waals surface area contributed by atoms with Crippen LogP contribution in [-0.4, -0.2) is 22.0 Å². The van der Waals surface area contributed by atoms with Crippen LogP contribution in [0, 0.1) is 21.3 Å². The van der Waals surface area contributed by atoms with Gasteiger partial charge >= 0.3 is 5.97 Å². The molecule has 2 rings (SSSR count). The van der Waals surface area contributed by atoms with Gasteiger partial charge in [0.05, 0.1) is 4.92 Å². The Bertz CT molecular complexity index is 571. The number of benzene rings is 1. The number of hydrogen-bond acceptors (Lipinski definition) is 4. The van der Waals surface area contributed by atoms with Gasteiger partial charge in [0.15, 0.2) is 0 Å². The van der Waals surface area contributed by atoms with Gasteiger partial charge in [-0.3, -0.25) is 10.1 Å². The Labute approximate surface area is 108 Å². The second-order valence-corrected chi connectivity index (χ2v) is 5.30. The second-order valence-electron chi connectivity index (χ2n) is 5.30. The molecule has 0 amide bonds. The minimum atomic E-state index is -1.53. The van der Waals surface area contributed by atoms with Gasteiger partial charge < -0.3 is 10.4 Å². The van der Waals surface area contributed by atoms with Crippen molar-refractivity contribution >= 4 is 17.3 Å². The molecular formula is C12H13FN2O4. The normalized spacial score (nSPS) is 19.8. The van der Waals surface area contributed by atoms with Crippen molar-refractivity contribution in [1.82, 2.24) is 0 Å². The first-order chi connectivity index (χ1) is 8.72. The average Bonchev–Trinajstić information content (AvgIpc) is 2.84. The molecule has 0 aromatic heterocycles. The zero-order valence-corrected chi connectivity index (χ0v) is 10.4. The number of hydrogen-bond donors (Lipinski definition) is 2. The molecule has 1 atom stereocenters. The molecule has 0 bridgehead atoms. The molecule has 0 saturated heterocycles. The van der Waals surface area contributed by atoms with E-state index in [4.69, 9.17) is 5.11 Å². The summed E-state index contributed by atoms with van der Waals surface area (Å²) in [6, 6.07) is 1.65. The highest BCUT2D eigenvalue weighted by atomic mass is 19.1. The maximum atomic E-state index is 13.6. The predicted octanol–water partition coefficient (Wildman–Crippen LogP) is 2.64. The third-order valence-corrected chi connectivity index (χ3v) is 3.36. The summed E-state index contributed by atoms with van der Waals surface area (Å²) in [6.07, 6.45) is 0.826. The zero-order valence-electron chi connectivity index (χ0n) is 10.4. The van der Waals surface area contributed by atoms with Crippen LogP contribution in [0.2, 0.25) is 0 Å². The van der Waals surface area contributed by atoms with Crippen molar-refractivity contribution in [3.63, 3.8) is 0 Å². The number of aromatic carboxylic acids is 1. The molecule has 0 spiro atoms. The van der Waals surface area contributed by atoms with Crippen LogP contribution in [0.15, 0.2) is 12.1 Å². The number of nitro groups is 1. The molecular weight excluding hydrogens is 255 g/mol. The van der Waals surface area contributed by atoms with Crippen LogP contribution in [-0.2, 0) is 0 Å². The molecule has 0 radical (unpaired) electrons. The lowest BCUT2D eigenvalue weighted by atomic mass is 10.1. The smallest absolute Gasteiger partial charge is 0.338 e. The lowest BCUT2D eigenvalue weighted by Crippen LogP contribution is -2.12. The van der Waals surface area contributed by atoms with Crippen molar-refractivity contribution in [2.75, 3.05) is 5.32 Å². The summed E-state index contributed by atoms with van der Waals surface area (Å²) >= 11 is 0. The fourth-order valence-corrected chi connectivity index (χ4v) is 1.89. The maximum Gasteiger partial charge on any atom is 0.338 e. The quantitative estimate of drug-likeness (QED) is 0.646. The highest BCUT2D eigenvalue weighted by Gasteiger charge is 2.46. The lowest BCUT2D eigenvalue weighted by Gasteiger charge is -2.10. The number of carboxylic acid groups (broad SMARTS) is 1. The summed E-state index contributed by atoms with van der Waals surface area (Å²) in [4.78, 5) is 21.0. The van der Waals surface area contributed by atoms with Crippen LogP contribution in [0.4, 0.5) is 15.8 Å². The van der Waals surface area contributed by atoms with E-state index in [1.54, 1.807) is 0 Å². The van der Waals surface area contributed by atoms with E-state index in [-0.39, 0.29) is 17.1 Å². The number of rotatable bonds is 4. The Hall–Kier alpha value is -2.18. The van der Waals surface area contributed by atoms with Crippen LogP contribution < -0.4 is 5.32 Å². The third-order valence-electron chi connectivity index (χ3n) is 3.36. The van der Waals surface area contributed by atoms with Gasteiger partial charge in [-0.25, -0.2) is 9.18 Å². The molecule has 0 heterocycles. The van der Waals surface area contributed by atoms with E-state index in [9.17, 15) is 19.3 Å². The highest BCUT2D eigenvalue weighted by Crippen LogP contribution is 2.47. The molecule has 0 aliphatic heterocycles. The summed E-state index contributed by atoms with van der Waals surface area (Å²) in [5, 5.41) is 22.6. The molecule has 1 fully saturated rings. The Morgan fingerprint density at radius 1 is 1.58 bits per heavy atom. The molecule has 1 aliphatic carbocycles. The maximum absolute atomic E-state index is 13.6. The minimum absolute atomic E-state index is 0.00974. The zero-order chi connectivity index (χ0) is 14.4. The van der Waals surface area contributed by atoms with Gasteiger partial charge in [-0.15, -0.1) is 0 Å². The molecule has 1 saturated carbocycles. The van der Waals surface area contributed by atoms with E-state index in [0.29, 0.717) is 0 Å². The van der Waals surface area contributed by atoms with Crippen molar-refractivity contribution in [2.45, 2.75) is 26.3 Å². The van der Waals surface area contributed by atoms with E-state index in [1.807, 2.05) is 13.8 Å². The van der Waals surface area contributed by atoms with E-state index in [0.717, 1.165) is 18.6 Å². The van der Waals surface area contributed by atoms with Crippen LogP contribution in [0.1, 0.15) is 30.6 Å². The second kappa shape index (κ2) is 4.18. The van der Waals surface area contributed by atoms with Gasteiger partial charge in [-0.2, -0.15) is 0 Å². The number of nitro benzene ring substituents is 1. The summed E-state index contributed by atoms with van der Waals surface area (Å²) in [5.74, 6) is -2.52. The molecule has 2 N–H and O–H groups in total. The Morgan fingerprint density at radius 2 is 2.16 bits per heavy atom. The van der Waals surface area contributed by atoms with Crippen molar-refractivity contribution < 1.29 is 19.2 Å². The van der Waals surface area contributed by atoms with E-state index in [2.05, 4.69) is 5.32 Å². The molecule has 1 unspecified atom stereocenters.